The average Bonchev–Trinajstić information content (AvgIpc) is 3.87. The highest BCUT2D eigenvalue weighted by Gasteiger charge is 2.38. The zero-order chi connectivity index (χ0) is 32.6. The summed E-state index contributed by atoms with van der Waals surface area (Å²) < 4.78 is 30.8. The maximum absolute atomic E-state index is 12.7. The van der Waals surface area contributed by atoms with Crippen molar-refractivity contribution in [2.24, 2.45) is 0 Å². The van der Waals surface area contributed by atoms with E-state index in [1.54, 1.807) is 25.4 Å². The van der Waals surface area contributed by atoms with Gasteiger partial charge in [0.25, 0.3) is 0 Å². The molecule has 4 N–H and O–H groups in total. The first-order valence-corrected chi connectivity index (χ1v) is 16.5. The molecule has 3 aromatic carbocycles. The molecule has 1 unspecified atom stereocenters. The van der Waals surface area contributed by atoms with Crippen molar-refractivity contribution >= 4 is 50.3 Å². The number of aryl methyl sites for hydroxylation is 1. The molecule has 1 heterocycles. The molecule has 1 saturated carbocycles. The van der Waals surface area contributed by atoms with Crippen LogP contribution in [0.15, 0.2) is 77.8 Å². The Labute approximate surface area is 264 Å². The number of hydrogen-bond donors (Lipinski definition) is 3. The minimum atomic E-state index is -3.44. The second-order valence-electron chi connectivity index (χ2n) is 11.2. The van der Waals surface area contributed by atoms with Crippen LogP contribution in [0.5, 0.6) is 0 Å². The van der Waals surface area contributed by atoms with Gasteiger partial charge in [0.15, 0.2) is 9.84 Å². The summed E-state index contributed by atoms with van der Waals surface area (Å²) in [4.78, 5) is 29.0. The van der Waals surface area contributed by atoms with Gasteiger partial charge in [0.05, 0.1) is 16.8 Å². The van der Waals surface area contributed by atoms with Crippen molar-refractivity contribution in [2.75, 3.05) is 36.6 Å². The number of carbonyl (C=O) groups excluding carboxylic acids is 2. The van der Waals surface area contributed by atoms with Gasteiger partial charge in [-0.3, -0.25) is 10.1 Å². The standard InChI is InChI=1S/C23H28N2O5S.C11H13N3/c1-16-6-4-5-7-21(16)17(2)14-30-23(27)24-19-8-11-22(31(28,29)20-9-10-20)18(12-19)13-25(3)15-26;1-2-13-9-3-4-10-8(7-9)5-6-14-11(10)12/h4-8,11-12,15,17,20H,9-10,13-14H2,1-3H3,(H,24,27);3-7,13H,2H2,1H3,(H2,12,14). The number of rotatable bonds is 11. The Hall–Kier alpha value is -4.64. The number of carbonyl (C=O) groups is 2. The van der Waals surface area contributed by atoms with Crippen LogP contribution in [0, 0.1) is 6.92 Å². The molecule has 1 fully saturated rings. The molecule has 238 valence electrons. The molecule has 1 aromatic heterocycles. The number of aromatic nitrogens is 1. The fourth-order valence-corrected chi connectivity index (χ4v) is 6.88. The Morgan fingerprint density at radius 2 is 1.84 bits per heavy atom. The molecule has 5 rings (SSSR count). The Morgan fingerprint density at radius 1 is 1.11 bits per heavy atom. The molecule has 1 aliphatic carbocycles. The quantitative estimate of drug-likeness (QED) is 0.168. The van der Waals surface area contributed by atoms with Crippen molar-refractivity contribution in [1.29, 1.82) is 0 Å². The average molecular weight is 632 g/mol. The van der Waals surface area contributed by atoms with E-state index in [-0.39, 0.29) is 29.2 Å². The number of sulfone groups is 1. The number of ether oxygens (including phenoxy) is 1. The Morgan fingerprint density at radius 3 is 2.53 bits per heavy atom. The van der Waals surface area contributed by atoms with Crippen LogP contribution in [0.4, 0.5) is 22.0 Å². The van der Waals surface area contributed by atoms with Crippen LogP contribution in [0.25, 0.3) is 10.8 Å². The monoisotopic (exact) mass is 631 g/mol. The molecule has 45 heavy (non-hydrogen) atoms. The second kappa shape index (κ2) is 14.9. The Bertz CT molecular complexity index is 1760. The number of pyridine rings is 1. The normalized spacial score (nSPS) is 13.2. The summed E-state index contributed by atoms with van der Waals surface area (Å²) in [6, 6.07) is 20.6. The van der Waals surface area contributed by atoms with Gasteiger partial charge in [-0.15, -0.1) is 0 Å². The number of benzene rings is 3. The van der Waals surface area contributed by atoms with E-state index in [4.69, 9.17) is 10.5 Å². The first kappa shape index (κ1) is 33.3. The lowest BCUT2D eigenvalue weighted by Gasteiger charge is -2.17. The van der Waals surface area contributed by atoms with E-state index in [9.17, 15) is 18.0 Å². The number of hydrogen-bond acceptors (Lipinski definition) is 8. The topological polar surface area (TPSA) is 144 Å². The maximum atomic E-state index is 12.7. The molecule has 4 aromatic rings. The van der Waals surface area contributed by atoms with Gasteiger partial charge >= 0.3 is 6.09 Å². The zero-order valence-corrected chi connectivity index (χ0v) is 26.9. The van der Waals surface area contributed by atoms with Crippen molar-refractivity contribution in [2.45, 2.75) is 56.2 Å². The van der Waals surface area contributed by atoms with Gasteiger partial charge in [-0.1, -0.05) is 31.2 Å². The fraction of sp³-hybridized carbons (Fsp3) is 0.324. The lowest BCUT2D eigenvalue weighted by molar-refractivity contribution is -0.117. The lowest BCUT2D eigenvalue weighted by atomic mass is 9.97. The van der Waals surface area contributed by atoms with Crippen molar-refractivity contribution in [3.8, 4) is 0 Å². The van der Waals surface area contributed by atoms with Gasteiger partial charge in [0, 0.05) is 49.0 Å². The zero-order valence-electron chi connectivity index (χ0n) is 26.1. The number of nitrogens with two attached hydrogens (primary N) is 1. The van der Waals surface area contributed by atoms with E-state index >= 15 is 0 Å². The largest absolute Gasteiger partial charge is 0.449 e. The van der Waals surface area contributed by atoms with Crippen LogP contribution in [0.2, 0.25) is 0 Å². The minimum Gasteiger partial charge on any atom is -0.449 e. The molecule has 0 spiro atoms. The third kappa shape index (κ3) is 8.72. The number of nitrogen functional groups attached to an aromatic ring is 1. The molecule has 1 atom stereocenters. The summed E-state index contributed by atoms with van der Waals surface area (Å²) in [5, 5.41) is 7.68. The number of nitrogens with one attached hydrogen (secondary N) is 2. The van der Waals surface area contributed by atoms with Crippen LogP contribution in [0.1, 0.15) is 49.3 Å². The van der Waals surface area contributed by atoms with Gasteiger partial charge < -0.3 is 20.7 Å². The van der Waals surface area contributed by atoms with E-state index < -0.39 is 15.9 Å². The summed E-state index contributed by atoms with van der Waals surface area (Å²) in [6.45, 7) is 7.34. The van der Waals surface area contributed by atoms with Gasteiger partial charge in [-0.05, 0) is 91.2 Å². The van der Waals surface area contributed by atoms with Gasteiger partial charge in [-0.25, -0.2) is 18.2 Å². The maximum Gasteiger partial charge on any atom is 0.411 e. The lowest BCUT2D eigenvalue weighted by Crippen LogP contribution is -2.20. The van der Waals surface area contributed by atoms with Crippen molar-refractivity contribution in [1.82, 2.24) is 9.88 Å². The van der Waals surface area contributed by atoms with Crippen molar-refractivity contribution < 1.29 is 22.7 Å². The SMILES string of the molecule is CCNc1ccc2c(N)nccc2c1.Cc1ccccc1C(C)COC(=O)Nc1ccc(S(=O)(=O)C2CC2)c(CN(C)C=O)c1. The molecule has 11 heteroatoms. The van der Waals surface area contributed by atoms with Crippen LogP contribution in [-0.2, 0) is 25.9 Å². The Kier molecular flexibility index (Phi) is 11.0. The molecule has 0 saturated heterocycles. The second-order valence-corrected chi connectivity index (χ2v) is 13.4. The van der Waals surface area contributed by atoms with E-state index in [0.29, 0.717) is 36.3 Å². The summed E-state index contributed by atoms with van der Waals surface area (Å²) in [7, 11) is -1.87. The fourth-order valence-electron chi connectivity index (χ4n) is 5.02. The summed E-state index contributed by atoms with van der Waals surface area (Å²) in [6.07, 6.45) is 3.04. The first-order chi connectivity index (χ1) is 21.5. The van der Waals surface area contributed by atoms with Crippen LogP contribution >= 0.6 is 0 Å². The minimum absolute atomic E-state index is 0.0369. The summed E-state index contributed by atoms with van der Waals surface area (Å²) in [5.74, 6) is 0.625. The molecule has 10 nitrogen and oxygen atoms in total. The molecule has 0 radical (unpaired) electrons. The molecular weight excluding hydrogens is 590 g/mol. The van der Waals surface area contributed by atoms with Gasteiger partial charge in [-0.2, -0.15) is 0 Å². The van der Waals surface area contributed by atoms with Gasteiger partial charge in [0.1, 0.15) is 5.82 Å². The summed E-state index contributed by atoms with van der Waals surface area (Å²) in [5.41, 5.74) is 9.99. The molecule has 1 aliphatic rings. The Balaban J connectivity index is 0.000000273. The third-order valence-corrected chi connectivity index (χ3v) is 9.90. The van der Waals surface area contributed by atoms with Crippen molar-refractivity contribution in [3.63, 3.8) is 0 Å². The summed E-state index contributed by atoms with van der Waals surface area (Å²) >= 11 is 0. The highest BCUT2D eigenvalue weighted by atomic mass is 32.2. The predicted octanol–water partition coefficient (Wildman–Crippen LogP) is 6.12. The van der Waals surface area contributed by atoms with E-state index in [2.05, 4.69) is 28.6 Å². The van der Waals surface area contributed by atoms with Gasteiger partial charge in [0.2, 0.25) is 6.41 Å². The smallest absolute Gasteiger partial charge is 0.411 e. The number of fused-ring (bicyclic) bond motifs is 1. The van der Waals surface area contributed by atoms with E-state index in [1.807, 2.05) is 56.3 Å². The van der Waals surface area contributed by atoms with E-state index in [1.165, 1.54) is 11.0 Å². The third-order valence-electron chi connectivity index (χ3n) is 7.54. The molecule has 0 aliphatic heterocycles. The van der Waals surface area contributed by atoms with Crippen LogP contribution in [0.3, 0.4) is 0 Å². The molecular formula is C34H41N5O5S. The highest BCUT2D eigenvalue weighted by Crippen LogP contribution is 2.36. The first-order valence-electron chi connectivity index (χ1n) is 14.9. The van der Waals surface area contributed by atoms with Crippen molar-refractivity contribution in [3.05, 3.63) is 89.6 Å². The number of amides is 2. The molecule has 2 amide bonds. The van der Waals surface area contributed by atoms with E-state index in [0.717, 1.165) is 34.1 Å². The molecule has 0 bridgehead atoms. The predicted molar refractivity (Wildman–Crippen MR) is 179 cm³/mol. The highest BCUT2D eigenvalue weighted by molar-refractivity contribution is 7.92. The number of nitrogens with zero attached hydrogens (tertiary/aromatic N) is 2. The van der Waals surface area contributed by atoms with Crippen LogP contribution in [-0.4, -0.2) is 56.3 Å². The number of anilines is 3. The van der Waals surface area contributed by atoms with Crippen LogP contribution < -0.4 is 16.4 Å².